The average molecular weight is 264 g/mol. The second kappa shape index (κ2) is 7.23. The molecular weight excluding hydrogens is 236 g/mol. The topological polar surface area (TPSA) is 42.3 Å². The summed E-state index contributed by atoms with van der Waals surface area (Å²) in [6.45, 7) is 9.87. The molecule has 2 saturated heterocycles. The van der Waals surface area contributed by atoms with Crippen molar-refractivity contribution in [1.82, 2.24) is 15.1 Å². The van der Waals surface area contributed by atoms with Gasteiger partial charge in [0.25, 0.3) is 0 Å². The summed E-state index contributed by atoms with van der Waals surface area (Å²) < 4.78 is 0. The van der Waals surface area contributed by atoms with E-state index in [1.54, 1.807) is 0 Å². The quantitative estimate of drug-likeness (QED) is 0.816. The van der Waals surface area contributed by atoms with E-state index in [-0.39, 0.29) is 6.04 Å². The van der Waals surface area contributed by atoms with Crippen molar-refractivity contribution in [3.63, 3.8) is 0 Å². The number of piperidine rings is 1. The molecule has 0 amide bonds. The van der Waals surface area contributed by atoms with Gasteiger partial charge in [-0.3, -0.25) is 9.80 Å². The van der Waals surface area contributed by atoms with Gasteiger partial charge >= 0.3 is 0 Å². The van der Waals surface area contributed by atoms with E-state index in [1.807, 2.05) is 0 Å². The lowest BCUT2D eigenvalue weighted by Gasteiger charge is -2.48. The van der Waals surface area contributed by atoms with Gasteiger partial charge in [-0.15, -0.1) is 0 Å². The summed E-state index contributed by atoms with van der Waals surface area (Å²) in [7, 11) is 0. The van der Waals surface area contributed by atoms with Crippen LogP contribution in [0.25, 0.3) is 0 Å². The van der Waals surface area contributed by atoms with Gasteiger partial charge in [-0.2, -0.15) is 5.26 Å². The minimum atomic E-state index is -0.0162. The number of hydrogen-bond donors (Lipinski definition) is 1. The van der Waals surface area contributed by atoms with Crippen LogP contribution in [0.15, 0.2) is 0 Å². The lowest BCUT2D eigenvalue weighted by atomic mass is 9.97. The fourth-order valence-electron chi connectivity index (χ4n) is 3.37. The van der Waals surface area contributed by atoms with Crippen LogP contribution in [0.4, 0.5) is 0 Å². The van der Waals surface area contributed by atoms with Gasteiger partial charge < -0.3 is 5.32 Å². The molecule has 0 aromatic heterocycles. The molecule has 4 heteroatoms. The number of rotatable bonds is 5. The summed E-state index contributed by atoms with van der Waals surface area (Å²) >= 11 is 0. The van der Waals surface area contributed by atoms with Gasteiger partial charge in [0.05, 0.1) is 6.07 Å². The zero-order valence-electron chi connectivity index (χ0n) is 12.4. The molecule has 2 fully saturated rings. The Balaban J connectivity index is 1.87. The van der Waals surface area contributed by atoms with Gasteiger partial charge in [-0.1, -0.05) is 13.3 Å². The van der Waals surface area contributed by atoms with Crippen molar-refractivity contribution < 1.29 is 0 Å². The van der Waals surface area contributed by atoms with Crippen molar-refractivity contribution in [2.45, 2.75) is 57.7 Å². The van der Waals surface area contributed by atoms with E-state index in [4.69, 9.17) is 0 Å². The molecule has 2 rings (SSSR count). The Bertz CT molecular complexity index is 312. The minimum Gasteiger partial charge on any atom is -0.301 e. The summed E-state index contributed by atoms with van der Waals surface area (Å²) in [6, 6.07) is 3.70. The Labute approximate surface area is 117 Å². The van der Waals surface area contributed by atoms with Crippen LogP contribution in [-0.4, -0.2) is 60.6 Å². The first kappa shape index (κ1) is 14.8. The highest BCUT2D eigenvalue weighted by atomic mass is 15.3. The van der Waals surface area contributed by atoms with Crippen molar-refractivity contribution in [2.75, 3.05) is 32.7 Å². The second-order valence-corrected chi connectivity index (χ2v) is 6.08. The molecule has 4 nitrogen and oxygen atoms in total. The maximum absolute atomic E-state index is 9.25. The summed E-state index contributed by atoms with van der Waals surface area (Å²) in [5.74, 6) is 0. The lowest BCUT2D eigenvalue weighted by molar-refractivity contribution is 0.0133. The second-order valence-electron chi connectivity index (χ2n) is 6.08. The van der Waals surface area contributed by atoms with Crippen molar-refractivity contribution in [3.05, 3.63) is 0 Å². The van der Waals surface area contributed by atoms with Crippen molar-refractivity contribution >= 4 is 0 Å². The fraction of sp³-hybridized carbons (Fsp3) is 0.933. The van der Waals surface area contributed by atoms with Gasteiger partial charge in [0.15, 0.2) is 0 Å². The van der Waals surface area contributed by atoms with Gasteiger partial charge in [0.1, 0.15) is 6.04 Å². The number of nitrogens with zero attached hydrogens (tertiary/aromatic N) is 3. The normalized spacial score (nSPS) is 30.6. The van der Waals surface area contributed by atoms with Crippen molar-refractivity contribution in [1.29, 1.82) is 5.26 Å². The predicted octanol–water partition coefficient (Wildman–Crippen LogP) is 1.44. The van der Waals surface area contributed by atoms with Gasteiger partial charge in [0.2, 0.25) is 0 Å². The van der Waals surface area contributed by atoms with Crippen molar-refractivity contribution in [3.8, 4) is 6.07 Å². The van der Waals surface area contributed by atoms with Gasteiger partial charge in [0, 0.05) is 31.7 Å². The smallest absolute Gasteiger partial charge is 0.108 e. The third-order valence-electron chi connectivity index (χ3n) is 4.53. The average Bonchev–Trinajstić information content (AvgIpc) is 2.43. The molecule has 19 heavy (non-hydrogen) atoms. The highest BCUT2D eigenvalue weighted by Crippen LogP contribution is 2.23. The van der Waals surface area contributed by atoms with Crippen LogP contribution in [0.1, 0.15) is 39.5 Å². The zero-order valence-corrected chi connectivity index (χ0v) is 12.4. The van der Waals surface area contributed by atoms with Gasteiger partial charge in [-0.05, 0) is 39.3 Å². The van der Waals surface area contributed by atoms with Crippen LogP contribution >= 0.6 is 0 Å². The Morgan fingerprint density at radius 1 is 1.37 bits per heavy atom. The van der Waals surface area contributed by atoms with E-state index >= 15 is 0 Å². The summed E-state index contributed by atoms with van der Waals surface area (Å²) in [5.41, 5.74) is 0. The fourth-order valence-corrected chi connectivity index (χ4v) is 3.37. The molecule has 0 saturated carbocycles. The summed E-state index contributed by atoms with van der Waals surface area (Å²) in [5, 5.41) is 12.6. The number of piperazine rings is 1. The minimum absolute atomic E-state index is 0.0162. The highest BCUT2D eigenvalue weighted by Gasteiger charge is 2.33. The Morgan fingerprint density at radius 2 is 2.21 bits per heavy atom. The molecule has 3 atom stereocenters. The zero-order chi connectivity index (χ0) is 13.7. The third-order valence-corrected chi connectivity index (χ3v) is 4.53. The molecule has 2 heterocycles. The molecule has 0 aromatic carbocycles. The van der Waals surface area contributed by atoms with Crippen LogP contribution in [-0.2, 0) is 0 Å². The van der Waals surface area contributed by atoms with Crippen LogP contribution in [0.5, 0.6) is 0 Å². The molecule has 3 unspecified atom stereocenters. The maximum atomic E-state index is 9.25. The molecule has 2 aliphatic heterocycles. The number of nitrogens with one attached hydrogen (secondary N) is 1. The van der Waals surface area contributed by atoms with E-state index in [9.17, 15) is 5.26 Å². The van der Waals surface area contributed by atoms with Crippen LogP contribution in [0.3, 0.4) is 0 Å². The standard InChI is InChI=1S/C15H28N4/c1-3-7-17-14(9-16)11-19-12-15-6-4-5-8-18(15)10-13(19)2/h13-15,17H,3-8,10-12H2,1-2H3. The lowest BCUT2D eigenvalue weighted by Crippen LogP contribution is -2.60. The van der Waals surface area contributed by atoms with E-state index in [1.165, 1.54) is 32.4 Å². The first-order valence-corrected chi connectivity index (χ1v) is 7.85. The van der Waals surface area contributed by atoms with Crippen molar-refractivity contribution in [2.24, 2.45) is 0 Å². The first-order valence-electron chi connectivity index (χ1n) is 7.85. The molecule has 0 radical (unpaired) electrons. The number of fused-ring (bicyclic) bond motifs is 1. The Kier molecular flexibility index (Phi) is 5.62. The molecule has 0 spiro atoms. The van der Waals surface area contributed by atoms with Crippen LogP contribution in [0, 0.1) is 11.3 Å². The Morgan fingerprint density at radius 3 is 2.95 bits per heavy atom. The number of hydrogen-bond acceptors (Lipinski definition) is 4. The Hall–Kier alpha value is -0.630. The molecule has 2 aliphatic rings. The molecule has 108 valence electrons. The van der Waals surface area contributed by atoms with E-state index in [0.717, 1.165) is 32.1 Å². The van der Waals surface area contributed by atoms with Crippen LogP contribution < -0.4 is 5.32 Å². The number of nitriles is 1. The molecule has 0 aliphatic carbocycles. The highest BCUT2D eigenvalue weighted by molar-refractivity contribution is 4.96. The van der Waals surface area contributed by atoms with E-state index in [0.29, 0.717) is 6.04 Å². The third kappa shape index (κ3) is 3.92. The van der Waals surface area contributed by atoms with Crippen LogP contribution in [0.2, 0.25) is 0 Å². The molecular formula is C15H28N4. The van der Waals surface area contributed by atoms with E-state index < -0.39 is 0 Å². The maximum Gasteiger partial charge on any atom is 0.108 e. The monoisotopic (exact) mass is 264 g/mol. The van der Waals surface area contributed by atoms with E-state index in [2.05, 4.69) is 35.0 Å². The summed E-state index contributed by atoms with van der Waals surface area (Å²) in [4.78, 5) is 5.18. The first-order chi connectivity index (χ1) is 9.24. The molecule has 0 aromatic rings. The molecule has 0 bridgehead atoms. The summed E-state index contributed by atoms with van der Waals surface area (Å²) in [6.07, 6.45) is 5.16. The predicted molar refractivity (Wildman–Crippen MR) is 77.9 cm³/mol. The largest absolute Gasteiger partial charge is 0.301 e. The molecule has 1 N–H and O–H groups in total. The van der Waals surface area contributed by atoms with Gasteiger partial charge in [-0.25, -0.2) is 0 Å². The SMILES string of the molecule is CCCNC(C#N)CN1CC2CCCCN2CC1C.